The van der Waals surface area contributed by atoms with Gasteiger partial charge in [-0.25, -0.2) is 8.78 Å². The molecule has 1 atom stereocenters. The minimum Gasteiger partial charge on any atom is -0.503 e. The number of pyridine rings is 1. The summed E-state index contributed by atoms with van der Waals surface area (Å²) in [6, 6.07) is 2.92. The number of aromatic hydroxyl groups is 1. The zero-order valence-corrected chi connectivity index (χ0v) is 17.9. The number of rotatable bonds is 6. The van der Waals surface area contributed by atoms with Crippen LogP contribution in [0.2, 0.25) is 0 Å². The van der Waals surface area contributed by atoms with Crippen molar-refractivity contribution in [1.82, 2.24) is 14.8 Å². The topological polar surface area (TPSA) is 110 Å². The molecule has 0 bridgehead atoms. The molecule has 2 amide bonds. The highest BCUT2D eigenvalue weighted by atomic mass is 19.1. The van der Waals surface area contributed by atoms with Crippen molar-refractivity contribution >= 4 is 11.8 Å². The molecular formula is C22H23F2N3O6. The number of carbonyl (C=O) groups excluding carboxylic acids is 2. The summed E-state index contributed by atoms with van der Waals surface area (Å²) in [5, 5.41) is 12.9. The normalized spacial score (nSPS) is 19.7. The van der Waals surface area contributed by atoms with Crippen LogP contribution in [0.1, 0.15) is 32.8 Å². The van der Waals surface area contributed by atoms with E-state index in [1.54, 1.807) is 4.90 Å². The second kappa shape index (κ2) is 8.91. The van der Waals surface area contributed by atoms with E-state index in [4.69, 9.17) is 9.47 Å². The van der Waals surface area contributed by atoms with Crippen LogP contribution in [0.15, 0.2) is 29.2 Å². The van der Waals surface area contributed by atoms with Gasteiger partial charge in [0.15, 0.2) is 11.4 Å². The lowest BCUT2D eigenvalue weighted by molar-refractivity contribution is 0.0140. The van der Waals surface area contributed by atoms with Gasteiger partial charge in [0, 0.05) is 51.2 Å². The third-order valence-electron chi connectivity index (χ3n) is 6.04. The van der Waals surface area contributed by atoms with Crippen molar-refractivity contribution in [1.29, 1.82) is 0 Å². The van der Waals surface area contributed by atoms with Gasteiger partial charge in [0.2, 0.25) is 5.43 Å². The second-order valence-corrected chi connectivity index (χ2v) is 8.09. The van der Waals surface area contributed by atoms with E-state index in [1.807, 2.05) is 0 Å². The van der Waals surface area contributed by atoms with Gasteiger partial charge >= 0.3 is 0 Å². The Bertz CT molecular complexity index is 1160. The summed E-state index contributed by atoms with van der Waals surface area (Å²) in [4.78, 5) is 40.2. The average molecular weight is 463 g/mol. The molecule has 11 heteroatoms. The summed E-state index contributed by atoms with van der Waals surface area (Å²) < 4.78 is 39.0. The van der Waals surface area contributed by atoms with Crippen LogP contribution in [0, 0.1) is 11.6 Å². The first-order valence-corrected chi connectivity index (χ1v) is 10.3. The minimum absolute atomic E-state index is 0.0260. The Labute approximate surface area is 187 Å². The molecule has 1 unspecified atom stereocenters. The van der Waals surface area contributed by atoms with Crippen molar-refractivity contribution in [2.75, 3.05) is 33.5 Å². The fourth-order valence-corrected chi connectivity index (χ4v) is 4.30. The number of nitrogens with zero attached hydrogens (tertiary/aromatic N) is 2. The number of carbonyl (C=O) groups is 2. The van der Waals surface area contributed by atoms with Gasteiger partial charge in [-0.1, -0.05) is 6.07 Å². The van der Waals surface area contributed by atoms with Crippen molar-refractivity contribution in [2.45, 2.75) is 25.0 Å². The molecule has 0 saturated carbocycles. The van der Waals surface area contributed by atoms with Gasteiger partial charge in [0.1, 0.15) is 17.2 Å². The summed E-state index contributed by atoms with van der Waals surface area (Å²) in [5.74, 6) is -3.85. The molecule has 0 aliphatic carbocycles. The summed E-state index contributed by atoms with van der Waals surface area (Å²) in [6.07, 6.45) is 1.76. The van der Waals surface area contributed by atoms with E-state index in [0.717, 1.165) is 6.07 Å². The van der Waals surface area contributed by atoms with Crippen molar-refractivity contribution < 1.29 is 33.0 Å². The Hall–Kier alpha value is -3.31. The number of amides is 2. The van der Waals surface area contributed by atoms with E-state index in [9.17, 15) is 28.3 Å². The lowest BCUT2D eigenvalue weighted by Gasteiger charge is -2.45. The quantitative estimate of drug-likeness (QED) is 0.662. The molecule has 2 N–H and O–H groups in total. The van der Waals surface area contributed by atoms with E-state index >= 15 is 0 Å². The SMILES string of the molecule is COCCN1C(=O)c2c(O)c(=O)c(C(=O)NCc3ccc(F)cc3F)cn2CC12CCOC2. The predicted octanol–water partition coefficient (Wildman–Crippen LogP) is 1.02. The molecule has 176 valence electrons. The molecule has 0 radical (unpaired) electrons. The Morgan fingerprint density at radius 1 is 1.33 bits per heavy atom. The summed E-state index contributed by atoms with van der Waals surface area (Å²) in [7, 11) is 1.50. The fourth-order valence-electron chi connectivity index (χ4n) is 4.30. The van der Waals surface area contributed by atoms with E-state index in [1.165, 1.54) is 23.9 Å². The van der Waals surface area contributed by atoms with E-state index < -0.39 is 45.7 Å². The molecular weight excluding hydrogens is 440 g/mol. The van der Waals surface area contributed by atoms with Gasteiger partial charge in [-0.3, -0.25) is 14.4 Å². The molecule has 1 aromatic carbocycles. The second-order valence-electron chi connectivity index (χ2n) is 8.09. The molecule has 2 aliphatic rings. The van der Waals surface area contributed by atoms with Crippen LogP contribution in [-0.2, 0) is 22.6 Å². The van der Waals surface area contributed by atoms with Gasteiger partial charge in [0.05, 0.1) is 18.8 Å². The number of ether oxygens (including phenoxy) is 2. The number of hydrogen-bond acceptors (Lipinski definition) is 6. The smallest absolute Gasteiger partial charge is 0.275 e. The molecule has 33 heavy (non-hydrogen) atoms. The molecule has 3 heterocycles. The Morgan fingerprint density at radius 3 is 2.79 bits per heavy atom. The van der Waals surface area contributed by atoms with Crippen LogP contribution in [0.25, 0.3) is 0 Å². The number of methoxy groups -OCH3 is 1. The first-order valence-electron chi connectivity index (χ1n) is 10.3. The number of nitrogens with one attached hydrogen (secondary N) is 1. The largest absolute Gasteiger partial charge is 0.503 e. The van der Waals surface area contributed by atoms with Crippen molar-refractivity contribution in [3.05, 3.63) is 63.1 Å². The zero-order chi connectivity index (χ0) is 23.8. The van der Waals surface area contributed by atoms with Crippen LogP contribution in [0.3, 0.4) is 0 Å². The van der Waals surface area contributed by atoms with Crippen LogP contribution in [0.5, 0.6) is 5.75 Å². The van der Waals surface area contributed by atoms with Crippen LogP contribution in [-0.4, -0.2) is 65.4 Å². The molecule has 1 saturated heterocycles. The number of benzene rings is 1. The first kappa shape index (κ1) is 22.9. The first-order chi connectivity index (χ1) is 15.8. The summed E-state index contributed by atoms with van der Waals surface area (Å²) in [6.45, 7) is 1.12. The Kier molecular flexibility index (Phi) is 6.17. The van der Waals surface area contributed by atoms with Gasteiger partial charge in [-0.2, -0.15) is 0 Å². The maximum absolute atomic E-state index is 13.8. The highest BCUT2D eigenvalue weighted by molar-refractivity contribution is 5.99. The standard InChI is InChI=1S/C22H23F2N3O6/c1-32-7-5-27-21(31)17-19(29)18(28)15(10-26(17)11-22(27)4-6-33-12-22)20(30)25-9-13-2-3-14(23)8-16(13)24/h2-3,8,10,29H,4-7,9,11-12H2,1H3,(H,25,30). The summed E-state index contributed by atoms with van der Waals surface area (Å²) in [5.41, 5.74) is -2.30. The van der Waals surface area contributed by atoms with Gasteiger partial charge in [-0.05, 0) is 12.5 Å². The minimum atomic E-state index is -1.02. The van der Waals surface area contributed by atoms with E-state index in [-0.39, 0.29) is 44.1 Å². The summed E-state index contributed by atoms with van der Waals surface area (Å²) >= 11 is 0. The maximum Gasteiger partial charge on any atom is 0.275 e. The number of aromatic nitrogens is 1. The molecule has 2 aliphatic heterocycles. The third kappa shape index (κ3) is 4.09. The van der Waals surface area contributed by atoms with E-state index in [2.05, 4.69) is 5.32 Å². The monoisotopic (exact) mass is 463 g/mol. The van der Waals surface area contributed by atoms with Crippen LogP contribution < -0.4 is 10.7 Å². The van der Waals surface area contributed by atoms with E-state index in [0.29, 0.717) is 19.1 Å². The molecule has 2 aromatic rings. The molecule has 1 fully saturated rings. The maximum atomic E-state index is 13.8. The lowest BCUT2D eigenvalue weighted by Crippen LogP contribution is -2.60. The highest BCUT2D eigenvalue weighted by Gasteiger charge is 2.48. The fraction of sp³-hybridized carbons (Fsp3) is 0.409. The van der Waals surface area contributed by atoms with Crippen LogP contribution >= 0.6 is 0 Å². The van der Waals surface area contributed by atoms with Crippen molar-refractivity contribution in [2.24, 2.45) is 0 Å². The van der Waals surface area contributed by atoms with Crippen molar-refractivity contribution in [3.8, 4) is 5.75 Å². The number of fused-ring (bicyclic) bond motifs is 1. The average Bonchev–Trinajstić information content (AvgIpc) is 3.23. The van der Waals surface area contributed by atoms with Gasteiger partial charge < -0.3 is 29.4 Å². The van der Waals surface area contributed by atoms with Crippen molar-refractivity contribution in [3.63, 3.8) is 0 Å². The van der Waals surface area contributed by atoms with Crippen LogP contribution in [0.4, 0.5) is 8.78 Å². The Balaban J connectivity index is 1.65. The predicted molar refractivity (Wildman–Crippen MR) is 111 cm³/mol. The number of halogens is 2. The molecule has 4 rings (SSSR count). The third-order valence-corrected chi connectivity index (χ3v) is 6.04. The number of hydrogen-bond donors (Lipinski definition) is 2. The zero-order valence-electron chi connectivity index (χ0n) is 17.9. The Morgan fingerprint density at radius 2 is 2.12 bits per heavy atom. The molecule has 1 spiro atoms. The molecule has 1 aromatic heterocycles. The van der Waals surface area contributed by atoms with Gasteiger partial charge in [0.25, 0.3) is 11.8 Å². The highest BCUT2D eigenvalue weighted by Crippen LogP contribution is 2.35. The lowest BCUT2D eigenvalue weighted by atomic mass is 9.92. The molecule has 9 nitrogen and oxygen atoms in total. The van der Waals surface area contributed by atoms with Gasteiger partial charge in [-0.15, -0.1) is 0 Å².